The van der Waals surface area contributed by atoms with Gasteiger partial charge in [0.1, 0.15) is 0 Å². The molecule has 0 aromatic heterocycles. The molecule has 3 nitrogen and oxygen atoms in total. The van der Waals surface area contributed by atoms with Gasteiger partial charge in [0.25, 0.3) is 0 Å². The Morgan fingerprint density at radius 3 is 2.07 bits per heavy atom. The third kappa shape index (κ3) is 2.50. The van der Waals surface area contributed by atoms with Crippen LogP contribution in [0.2, 0.25) is 0 Å². The Morgan fingerprint density at radius 2 is 1.50 bits per heavy atom. The molecule has 2 fully saturated rings. The van der Waals surface area contributed by atoms with Crippen molar-refractivity contribution in [2.75, 3.05) is 46.3 Å². The molecule has 0 spiro atoms. The van der Waals surface area contributed by atoms with Gasteiger partial charge >= 0.3 is 0 Å². The van der Waals surface area contributed by atoms with Gasteiger partial charge in [-0.05, 0) is 46.1 Å². The maximum atomic E-state index is 5.75. The van der Waals surface area contributed by atoms with Crippen molar-refractivity contribution in [2.45, 2.75) is 18.9 Å². The van der Waals surface area contributed by atoms with E-state index in [1.54, 1.807) is 0 Å². The zero-order chi connectivity index (χ0) is 9.97. The highest BCUT2D eigenvalue weighted by Crippen LogP contribution is 2.16. The van der Waals surface area contributed by atoms with Crippen LogP contribution in [-0.4, -0.2) is 74.9 Å². The molecule has 0 saturated carbocycles. The first-order chi connectivity index (χ1) is 6.75. The highest BCUT2D eigenvalue weighted by Gasteiger charge is 2.24. The Labute approximate surface area is 88.5 Å². The molecule has 0 N–H and O–H groups in total. The Kier molecular flexibility index (Phi) is 3.47. The van der Waals surface area contributed by atoms with E-state index in [0.717, 1.165) is 32.2 Å². The van der Waals surface area contributed by atoms with E-state index in [4.69, 9.17) is 7.98 Å². The summed E-state index contributed by atoms with van der Waals surface area (Å²) < 4.78 is 0. The third-order valence-corrected chi connectivity index (χ3v) is 3.55. The molecule has 0 atom stereocenters. The van der Waals surface area contributed by atoms with Crippen molar-refractivity contribution >= 4 is 7.98 Å². The molecule has 2 saturated heterocycles. The Balaban J connectivity index is 1.78. The summed E-state index contributed by atoms with van der Waals surface area (Å²) in [5.74, 6) is 0. The van der Waals surface area contributed by atoms with Crippen molar-refractivity contribution in [1.82, 2.24) is 14.6 Å². The van der Waals surface area contributed by atoms with Crippen molar-refractivity contribution in [3.8, 4) is 0 Å². The lowest BCUT2D eigenvalue weighted by Gasteiger charge is -2.41. The van der Waals surface area contributed by atoms with E-state index in [9.17, 15) is 0 Å². The second-order valence-corrected chi connectivity index (χ2v) is 4.61. The van der Waals surface area contributed by atoms with Gasteiger partial charge in [-0.1, -0.05) is 0 Å². The predicted molar refractivity (Wildman–Crippen MR) is 59.4 cm³/mol. The molecule has 2 aliphatic heterocycles. The summed E-state index contributed by atoms with van der Waals surface area (Å²) in [6, 6.07) is 0.819. The Bertz CT molecular complexity index is 152. The van der Waals surface area contributed by atoms with E-state index >= 15 is 0 Å². The number of nitrogens with zero attached hydrogens (tertiary/aromatic N) is 3. The summed E-state index contributed by atoms with van der Waals surface area (Å²) in [5.41, 5.74) is 0. The summed E-state index contributed by atoms with van der Waals surface area (Å²) in [7, 11) is 7.96. The number of likely N-dealkylation sites (tertiary alicyclic amines) is 1. The fraction of sp³-hybridized carbons (Fsp3) is 1.00. The SMILES string of the molecule is [B]N1CCN(C2CCN(C)CC2)CC1. The second kappa shape index (κ2) is 4.64. The molecule has 4 heteroatoms. The van der Waals surface area contributed by atoms with E-state index in [2.05, 4.69) is 16.8 Å². The standard InChI is InChI=1S/C10H20BN3/c1-12-4-2-10(3-5-12)13-6-8-14(11)9-7-13/h10H,2-9H2,1H3. The number of hydrogen-bond donors (Lipinski definition) is 0. The van der Waals surface area contributed by atoms with Crippen molar-refractivity contribution in [2.24, 2.45) is 0 Å². The van der Waals surface area contributed by atoms with Gasteiger partial charge in [0.2, 0.25) is 0 Å². The van der Waals surface area contributed by atoms with Gasteiger partial charge < -0.3 is 9.71 Å². The maximum Gasteiger partial charge on any atom is 0.182 e. The van der Waals surface area contributed by atoms with E-state index in [1.807, 2.05) is 4.81 Å². The lowest BCUT2D eigenvalue weighted by atomic mass is 10.0. The molecule has 2 rings (SSSR count). The molecule has 0 unspecified atom stereocenters. The van der Waals surface area contributed by atoms with Crippen LogP contribution >= 0.6 is 0 Å². The van der Waals surface area contributed by atoms with Crippen LogP contribution in [0.1, 0.15) is 12.8 Å². The van der Waals surface area contributed by atoms with Crippen LogP contribution in [0.25, 0.3) is 0 Å². The lowest BCUT2D eigenvalue weighted by Crippen LogP contribution is -2.52. The van der Waals surface area contributed by atoms with Gasteiger partial charge in [-0.15, -0.1) is 0 Å². The highest BCUT2D eigenvalue weighted by molar-refractivity contribution is 6.04. The van der Waals surface area contributed by atoms with Crippen molar-refractivity contribution in [3.63, 3.8) is 0 Å². The van der Waals surface area contributed by atoms with Gasteiger partial charge in [0.15, 0.2) is 7.98 Å². The van der Waals surface area contributed by atoms with Gasteiger partial charge in [0, 0.05) is 19.1 Å². The van der Waals surface area contributed by atoms with E-state index in [-0.39, 0.29) is 0 Å². The summed E-state index contributed by atoms with van der Waals surface area (Å²) in [6.07, 6.45) is 2.67. The van der Waals surface area contributed by atoms with Crippen LogP contribution < -0.4 is 0 Å². The quantitative estimate of drug-likeness (QED) is 0.533. The molecular weight excluding hydrogens is 173 g/mol. The van der Waals surface area contributed by atoms with Crippen LogP contribution in [-0.2, 0) is 0 Å². The second-order valence-electron chi connectivity index (χ2n) is 4.61. The molecule has 2 heterocycles. The van der Waals surface area contributed by atoms with Crippen LogP contribution in [0.3, 0.4) is 0 Å². The fourth-order valence-corrected chi connectivity index (χ4v) is 2.46. The summed E-state index contributed by atoms with van der Waals surface area (Å²) in [4.78, 5) is 6.98. The average molecular weight is 193 g/mol. The molecule has 0 aromatic rings. The van der Waals surface area contributed by atoms with Gasteiger partial charge in [-0.2, -0.15) is 0 Å². The molecule has 2 radical (unpaired) electrons. The molecule has 0 aromatic carbocycles. The zero-order valence-corrected chi connectivity index (χ0v) is 9.15. The van der Waals surface area contributed by atoms with Crippen LogP contribution in [0.5, 0.6) is 0 Å². The van der Waals surface area contributed by atoms with Crippen molar-refractivity contribution < 1.29 is 0 Å². The summed E-state index contributed by atoms with van der Waals surface area (Å²) in [6.45, 7) is 6.90. The summed E-state index contributed by atoms with van der Waals surface area (Å²) in [5, 5.41) is 0. The number of piperidine rings is 1. The van der Waals surface area contributed by atoms with Crippen LogP contribution in [0.4, 0.5) is 0 Å². The molecule has 0 aliphatic carbocycles. The zero-order valence-electron chi connectivity index (χ0n) is 9.15. The first kappa shape index (κ1) is 10.5. The normalized spacial score (nSPS) is 29.5. The number of piperazine rings is 1. The van der Waals surface area contributed by atoms with E-state index in [0.29, 0.717) is 0 Å². The van der Waals surface area contributed by atoms with E-state index in [1.165, 1.54) is 25.9 Å². The van der Waals surface area contributed by atoms with E-state index < -0.39 is 0 Å². The molecule has 0 bridgehead atoms. The lowest BCUT2D eigenvalue weighted by molar-refractivity contribution is 0.0898. The molecule has 2 aliphatic rings. The van der Waals surface area contributed by atoms with Crippen LogP contribution in [0.15, 0.2) is 0 Å². The minimum Gasteiger partial charge on any atom is -0.351 e. The third-order valence-electron chi connectivity index (χ3n) is 3.55. The molecule has 14 heavy (non-hydrogen) atoms. The smallest absolute Gasteiger partial charge is 0.182 e. The minimum absolute atomic E-state index is 0.819. The summed E-state index contributed by atoms with van der Waals surface area (Å²) >= 11 is 0. The topological polar surface area (TPSA) is 9.72 Å². The maximum absolute atomic E-state index is 5.75. The Hall–Kier alpha value is -0.0551. The van der Waals surface area contributed by atoms with Gasteiger partial charge in [0.05, 0.1) is 0 Å². The number of rotatable bonds is 1. The van der Waals surface area contributed by atoms with Gasteiger partial charge in [-0.3, -0.25) is 4.90 Å². The van der Waals surface area contributed by atoms with Crippen molar-refractivity contribution in [3.05, 3.63) is 0 Å². The predicted octanol–water partition coefficient (Wildman–Crippen LogP) is -0.218. The monoisotopic (exact) mass is 193 g/mol. The highest BCUT2D eigenvalue weighted by atomic mass is 15.3. The first-order valence-electron chi connectivity index (χ1n) is 5.68. The molecule has 78 valence electrons. The molecule has 0 amide bonds. The van der Waals surface area contributed by atoms with Crippen molar-refractivity contribution in [1.29, 1.82) is 0 Å². The largest absolute Gasteiger partial charge is 0.351 e. The minimum atomic E-state index is 0.819. The number of hydrogen-bond acceptors (Lipinski definition) is 3. The van der Waals surface area contributed by atoms with Gasteiger partial charge in [-0.25, -0.2) is 0 Å². The fourth-order valence-electron chi connectivity index (χ4n) is 2.46. The molecular formula is C10H20BN3. The Morgan fingerprint density at radius 1 is 0.929 bits per heavy atom. The first-order valence-corrected chi connectivity index (χ1v) is 5.68. The van der Waals surface area contributed by atoms with Crippen LogP contribution in [0, 0.1) is 0 Å². The average Bonchev–Trinajstić information content (AvgIpc) is 2.21.